The van der Waals surface area contributed by atoms with E-state index in [1.165, 1.54) is 0 Å². The van der Waals surface area contributed by atoms with Gasteiger partial charge >= 0.3 is 0 Å². The van der Waals surface area contributed by atoms with Crippen molar-refractivity contribution in [2.24, 2.45) is 11.7 Å². The van der Waals surface area contributed by atoms with Crippen molar-refractivity contribution in [2.45, 2.75) is 25.3 Å². The molecule has 0 bridgehead atoms. The van der Waals surface area contributed by atoms with Crippen LogP contribution >= 0.6 is 24.2 Å². The Morgan fingerprint density at radius 1 is 1.27 bits per heavy atom. The zero-order valence-electron chi connectivity index (χ0n) is 13.5. The Morgan fingerprint density at radius 3 is 2.50 bits per heavy atom. The van der Waals surface area contributed by atoms with Gasteiger partial charge in [0, 0.05) is 32.7 Å². The summed E-state index contributed by atoms with van der Waals surface area (Å²) in [5, 5.41) is 0. The number of piperidine rings is 1. The van der Waals surface area contributed by atoms with Gasteiger partial charge in [0.1, 0.15) is 0 Å². The first-order valence-electron chi connectivity index (χ1n) is 8.04. The smallest absolute Gasteiger partial charge is 0.239 e. The lowest BCUT2D eigenvalue weighted by Gasteiger charge is -2.36. The summed E-state index contributed by atoms with van der Waals surface area (Å²) in [4.78, 5) is 16.7. The highest BCUT2D eigenvalue weighted by Crippen LogP contribution is 2.20. The third kappa shape index (κ3) is 6.24. The van der Waals surface area contributed by atoms with Gasteiger partial charge in [0.2, 0.25) is 5.91 Å². The highest BCUT2D eigenvalue weighted by atomic mass is 35.5. The minimum atomic E-state index is -0.312. The number of carbonyl (C=O) groups is 1. The third-order valence-corrected chi connectivity index (χ3v) is 5.14. The fourth-order valence-electron chi connectivity index (χ4n) is 3.09. The number of likely N-dealkylation sites (tertiary alicyclic amines) is 1. The summed E-state index contributed by atoms with van der Waals surface area (Å²) < 4.78 is 5.39. The lowest BCUT2D eigenvalue weighted by Crippen LogP contribution is -2.49. The molecule has 2 fully saturated rings. The number of amides is 1. The van der Waals surface area contributed by atoms with Crippen LogP contribution in [0.1, 0.15) is 19.3 Å². The first-order valence-corrected chi connectivity index (χ1v) is 9.43. The van der Waals surface area contributed by atoms with Gasteiger partial charge in [-0.25, -0.2) is 0 Å². The third-order valence-electron chi connectivity index (χ3n) is 4.50. The van der Waals surface area contributed by atoms with Crippen molar-refractivity contribution in [1.82, 2.24) is 9.80 Å². The predicted molar refractivity (Wildman–Crippen MR) is 94.8 cm³/mol. The minimum Gasteiger partial charge on any atom is -0.379 e. The van der Waals surface area contributed by atoms with Crippen molar-refractivity contribution in [3.05, 3.63) is 0 Å². The van der Waals surface area contributed by atoms with Crippen molar-refractivity contribution < 1.29 is 9.53 Å². The maximum absolute atomic E-state index is 12.3. The minimum absolute atomic E-state index is 0. The number of hydrogen-bond donors (Lipinski definition) is 1. The summed E-state index contributed by atoms with van der Waals surface area (Å²) in [5.41, 5.74) is 5.99. The van der Waals surface area contributed by atoms with Crippen LogP contribution in [-0.4, -0.2) is 79.7 Å². The molecule has 0 spiro atoms. The number of ether oxygens (including phenoxy) is 1. The lowest BCUT2D eigenvalue weighted by molar-refractivity contribution is -0.134. The second-order valence-corrected chi connectivity index (χ2v) is 7.06. The average Bonchev–Trinajstić information content (AvgIpc) is 2.53. The molecule has 2 aliphatic heterocycles. The van der Waals surface area contributed by atoms with Gasteiger partial charge in [-0.1, -0.05) is 0 Å². The van der Waals surface area contributed by atoms with Crippen molar-refractivity contribution in [2.75, 3.05) is 57.9 Å². The van der Waals surface area contributed by atoms with Crippen LogP contribution in [0.4, 0.5) is 0 Å². The SMILES string of the molecule is CSCC[C@H](N)C(=O)N1CCC(CN2CCOCC2)CC1.Cl. The quantitative estimate of drug-likeness (QED) is 0.775. The van der Waals surface area contributed by atoms with Crippen LogP contribution in [0.5, 0.6) is 0 Å². The molecule has 2 N–H and O–H groups in total. The molecule has 2 heterocycles. The van der Waals surface area contributed by atoms with Crippen LogP contribution in [0.15, 0.2) is 0 Å². The van der Waals surface area contributed by atoms with E-state index < -0.39 is 0 Å². The molecule has 22 heavy (non-hydrogen) atoms. The van der Waals surface area contributed by atoms with Crippen LogP contribution in [0.25, 0.3) is 0 Å². The van der Waals surface area contributed by atoms with Gasteiger partial charge < -0.3 is 15.4 Å². The summed E-state index contributed by atoms with van der Waals surface area (Å²) in [6.07, 6.45) is 5.05. The van der Waals surface area contributed by atoms with E-state index in [9.17, 15) is 4.79 Å². The van der Waals surface area contributed by atoms with Crippen LogP contribution in [0.3, 0.4) is 0 Å². The predicted octanol–water partition coefficient (Wildman–Crippen LogP) is 1.06. The van der Waals surface area contributed by atoms with E-state index in [0.29, 0.717) is 0 Å². The zero-order valence-corrected chi connectivity index (χ0v) is 15.2. The first kappa shape index (κ1) is 20.0. The average molecular weight is 352 g/mol. The summed E-state index contributed by atoms with van der Waals surface area (Å²) in [7, 11) is 0. The van der Waals surface area contributed by atoms with E-state index in [-0.39, 0.29) is 24.4 Å². The maximum atomic E-state index is 12.3. The van der Waals surface area contributed by atoms with Gasteiger partial charge in [0.05, 0.1) is 19.3 Å². The molecular formula is C15H30ClN3O2S. The van der Waals surface area contributed by atoms with Gasteiger partial charge in [0.15, 0.2) is 0 Å². The number of halogens is 1. The maximum Gasteiger partial charge on any atom is 0.239 e. The van der Waals surface area contributed by atoms with Gasteiger partial charge in [-0.2, -0.15) is 11.8 Å². The molecule has 0 radical (unpaired) electrons. The molecule has 2 rings (SSSR count). The zero-order chi connectivity index (χ0) is 15.1. The monoisotopic (exact) mass is 351 g/mol. The Labute approximate surface area is 144 Å². The summed E-state index contributed by atoms with van der Waals surface area (Å²) in [5.74, 6) is 1.82. The molecule has 5 nitrogen and oxygen atoms in total. The molecule has 2 saturated heterocycles. The van der Waals surface area contributed by atoms with Gasteiger partial charge in [0.25, 0.3) is 0 Å². The number of nitrogens with zero attached hydrogens (tertiary/aromatic N) is 2. The van der Waals surface area contributed by atoms with Gasteiger partial charge in [-0.15, -0.1) is 12.4 Å². The molecule has 1 atom stereocenters. The van der Waals surface area contributed by atoms with E-state index in [1.54, 1.807) is 11.8 Å². The molecule has 7 heteroatoms. The number of carbonyl (C=O) groups excluding carboxylic acids is 1. The molecule has 0 aromatic carbocycles. The highest BCUT2D eigenvalue weighted by Gasteiger charge is 2.27. The molecule has 0 aliphatic carbocycles. The van der Waals surface area contributed by atoms with Crippen LogP contribution < -0.4 is 5.73 Å². The lowest BCUT2D eigenvalue weighted by atomic mass is 9.95. The van der Waals surface area contributed by atoms with Crippen LogP contribution in [0.2, 0.25) is 0 Å². The fraction of sp³-hybridized carbons (Fsp3) is 0.933. The van der Waals surface area contributed by atoms with Crippen LogP contribution in [-0.2, 0) is 9.53 Å². The Hall–Kier alpha value is -0.0100. The first-order chi connectivity index (χ1) is 10.2. The van der Waals surface area contributed by atoms with Crippen LogP contribution in [0, 0.1) is 5.92 Å². The van der Waals surface area contributed by atoms with E-state index >= 15 is 0 Å². The summed E-state index contributed by atoms with van der Waals surface area (Å²) >= 11 is 1.75. The van der Waals surface area contributed by atoms with Crippen molar-refractivity contribution in [3.63, 3.8) is 0 Å². The number of thioether (sulfide) groups is 1. The normalized spacial score (nSPS) is 22.2. The fourth-order valence-corrected chi connectivity index (χ4v) is 3.58. The molecule has 0 unspecified atom stereocenters. The molecular weight excluding hydrogens is 322 g/mol. The van der Waals surface area contributed by atoms with E-state index in [1.807, 2.05) is 11.2 Å². The van der Waals surface area contributed by atoms with E-state index in [0.717, 1.165) is 76.9 Å². The second kappa shape index (κ2) is 10.7. The summed E-state index contributed by atoms with van der Waals surface area (Å²) in [6.45, 7) is 6.74. The second-order valence-electron chi connectivity index (χ2n) is 6.07. The van der Waals surface area contributed by atoms with Gasteiger partial charge in [-0.05, 0) is 37.2 Å². The number of nitrogens with two attached hydrogens (primary N) is 1. The number of morpholine rings is 1. The van der Waals surface area contributed by atoms with Crippen molar-refractivity contribution in [1.29, 1.82) is 0 Å². The molecule has 0 aromatic rings. The molecule has 0 saturated carbocycles. The standard InChI is InChI=1S/C15H29N3O2S.ClH/c1-21-11-4-14(16)15(19)18-5-2-13(3-6-18)12-17-7-9-20-10-8-17;/h13-14H,2-12,16H2,1H3;1H/t14-;/m0./s1. The van der Waals surface area contributed by atoms with Crippen molar-refractivity contribution in [3.8, 4) is 0 Å². The molecule has 0 aromatic heterocycles. The molecule has 2 aliphatic rings. The summed E-state index contributed by atoms with van der Waals surface area (Å²) in [6, 6.07) is -0.312. The van der Waals surface area contributed by atoms with Gasteiger partial charge in [-0.3, -0.25) is 9.69 Å². The Morgan fingerprint density at radius 2 is 1.91 bits per heavy atom. The number of hydrogen-bond acceptors (Lipinski definition) is 5. The topological polar surface area (TPSA) is 58.8 Å². The Kier molecular flexibility index (Phi) is 9.75. The molecule has 130 valence electrons. The highest BCUT2D eigenvalue weighted by molar-refractivity contribution is 7.98. The van der Waals surface area contributed by atoms with Crippen molar-refractivity contribution >= 4 is 30.1 Å². The Bertz CT molecular complexity index is 322. The number of rotatable bonds is 6. The van der Waals surface area contributed by atoms with E-state index in [2.05, 4.69) is 4.90 Å². The Balaban J connectivity index is 0.00000242. The largest absolute Gasteiger partial charge is 0.379 e. The van der Waals surface area contributed by atoms with E-state index in [4.69, 9.17) is 10.5 Å². The molecule has 1 amide bonds.